The SMILES string of the molecule is COC(C(=O)C(O)C(C)O)C1Cc2cc3cc(OC4CCC(O)C(C)O4)c(C)c(O)c3c(O)c2C(=O)C1OC1CC(OC2CC(OC3CC(C)(O)C(O)C(C)O3)C(O)C(C)O2)C(O)C(C)O1. The Kier molecular flexibility index (Phi) is 15.4. The van der Waals surface area contributed by atoms with Gasteiger partial charge in [0.2, 0.25) is 0 Å². The molecule has 370 valence electrons. The van der Waals surface area contributed by atoms with Crippen molar-refractivity contribution in [3.05, 3.63) is 28.8 Å². The summed E-state index contributed by atoms with van der Waals surface area (Å²) in [5, 5.41) is 98.2. The molecule has 2 aromatic carbocycles. The van der Waals surface area contributed by atoms with Crippen molar-refractivity contribution >= 4 is 22.3 Å². The molecule has 0 amide bonds. The molecule has 20 heteroatoms. The van der Waals surface area contributed by atoms with E-state index >= 15 is 0 Å². The molecule has 0 radical (unpaired) electrons. The molecule has 5 aliphatic rings. The Morgan fingerprint density at radius 3 is 1.95 bits per heavy atom. The summed E-state index contributed by atoms with van der Waals surface area (Å²) in [7, 11) is 1.20. The first-order valence-corrected chi connectivity index (χ1v) is 22.7. The number of phenolic OH excluding ortho intramolecular Hbond substituents is 2. The Bertz CT molecular complexity index is 2060. The number of rotatable bonds is 13. The molecule has 4 aliphatic heterocycles. The van der Waals surface area contributed by atoms with Crippen molar-refractivity contribution in [2.75, 3.05) is 7.11 Å². The maximum Gasteiger partial charge on any atom is 0.200 e. The minimum atomic E-state index is -1.90. The number of hydrogen-bond donors (Lipinski definition) is 9. The van der Waals surface area contributed by atoms with Crippen LogP contribution in [0.25, 0.3) is 10.8 Å². The van der Waals surface area contributed by atoms with E-state index in [2.05, 4.69) is 0 Å². The Balaban J connectivity index is 1.15. The molecule has 20 unspecified atom stereocenters. The number of hydrogen-bond acceptors (Lipinski definition) is 20. The number of Topliss-reactive ketones (excluding diaryl/α,β-unsaturated/α-hetero) is 2. The van der Waals surface area contributed by atoms with Crippen LogP contribution in [-0.4, -0.2) is 181 Å². The van der Waals surface area contributed by atoms with Gasteiger partial charge in [-0.2, -0.15) is 0 Å². The van der Waals surface area contributed by atoms with Crippen molar-refractivity contribution < 1.29 is 98.2 Å². The van der Waals surface area contributed by atoms with Gasteiger partial charge in [-0.1, -0.05) is 0 Å². The third-order valence-corrected chi connectivity index (χ3v) is 13.8. The molecule has 4 heterocycles. The number of methoxy groups -OCH3 is 1. The summed E-state index contributed by atoms with van der Waals surface area (Å²) >= 11 is 0. The molecule has 4 fully saturated rings. The maximum absolute atomic E-state index is 14.8. The minimum Gasteiger partial charge on any atom is -0.507 e. The lowest BCUT2D eigenvalue weighted by Crippen LogP contribution is -2.58. The molecule has 4 saturated heterocycles. The number of aliphatic hydroxyl groups is 7. The van der Waals surface area contributed by atoms with Gasteiger partial charge in [0.05, 0.1) is 65.4 Å². The molecular formula is C46H66O20. The van der Waals surface area contributed by atoms with Gasteiger partial charge >= 0.3 is 0 Å². The van der Waals surface area contributed by atoms with E-state index < -0.39 is 139 Å². The van der Waals surface area contributed by atoms with Crippen LogP contribution in [0.2, 0.25) is 0 Å². The summed E-state index contributed by atoms with van der Waals surface area (Å²) in [5.41, 5.74) is -1.23. The van der Waals surface area contributed by atoms with Gasteiger partial charge in [0.1, 0.15) is 53.9 Å². The second-order valence-electron chi connectivity index (χ2n) is 18.9. The highest BCUT2D eigenvalue weighted by Crippen LogP contribution is 2.47. The van der Waals surface area contributed by atoms with Crippen molar-refractivity contribution in [3.8, 4) is 17.2 Å². The zero-order valence-corrected chi connectivity index (χ0v) is 38.4. The monoisotopic (exact) mass is 938 g/mol. The second kappa shape index (κ2) is 20.1. The van der Waals surface area contributed by atoms with Crippen LogP contribution >= 0.6 is 0 Å². The van der Waals surface area contributed by atoms with E-state index in [9.17, 15) is 55.5 Å². The lowest BCUT2D eigenvalue weighted by molar-refractivity contribution is -0.334. The highest BCUT2D eigenvalue weighted by molar-refractivity contribution is 6.11. The molecule has 0 bridgehead atoms. The normalized spacial score (nSPS) is 40.1. The fourth-order valence-electron chi connectivity index (χ4n) is 9.84. The van der Waals surface area contributed by atoms with E-state index in [0.29, 0.717) is 12.8 Å². The van der Waals surface area contributed by atoms with Crippen molar-refractivity contribution in [2.45, 2.75) is 203 Å². The van der Waals surface area contributed by atoms with E-state index in [1.54, 1.807) is 46.8 Å². The van der Waals surface area contributed by atoms with Gasteiger partial charge < -0.3 is 88.6 Å². The maximum atomic E-state index is 14.8. The van der Waals surface area contributed by atoms with Gasteiger partial charge in [0, 0.05) is 44.3 Å². The first-order chi connectivity index (χ1) is 31.0. The second-order valence-corrected chi connectivity index (χ2v) is 18.9. The molecule has 0 saturated carbocycles. The number of ether oxygens (including phenoxy) is 9. The summed E-state index contributed by atoms with van der Waals surface area (Å²) in [4.78, 5) is 28.6. The average Bonchev–Trinajstić information content (AvgIpc) is 3.24. The average molecular weight is 939 g/mol. The number of phenols is 2. The number of carbonyl (C=O) groups is 2. The first kappa shape index (κ1) is 50.7. The van der Waals surface area contributed by atoms with Gasteiger partial charge in [-0.25, -0.2) is 0 Å². The fourth-order valence-corrected chi connectivity index (χ4v) is 9.84. The number of benzene rings is 2. The molecule has 1 aliphatic carbocycles. The summed E-state index contributed by atoms with van der Waals surface area (Å²) in [6.07, 6.45) is -19.5. The van der Waals surface area contributed by atoms with Gasteiger partial charge in [0.25, 0.3) is 0 Å². The molecule has 2 aromatic rings. The zero-order valence-electron chi connectivity index (χ0n) is 38.4. The summed E-state index contributed by atoms with van der Waals surface area (Å²) in [5.74, 6) is -3.64. The van der Waals surface area contributed by atoms with Crippen LogP contribution in [0.4, 0.5) is 0 Å². The molecule has 0 spiro atoms. The Hall–Kier alpha value is -3.16. The van der Waals surface area contributed by atoms with E-state index in [-0.39, 0.29) is 64.6 Å². The van der Waals surface area contributed by atoms with E-state index in [4.69, 9.17) is 42.6 Å². The van der Waals surface area contributed by atoms with Crippen molar-refractivity contribution in [1.82, 2.24) is 0 Å². The van der Waals surface area contributed by atoms with Crippen molar-refractivity contribution in [3.63, 3.8) is 0 Å². The van der Waals surface area contributed by atoms with Crippen molar-refractivity contribution in [2.24, 2.45) is 5.92 Å². The quantitative estimate of drug-likeness (QED) is 0.135. The Labute approximate surface area is 382 Å². The van der Waals surface area contributed by atoms with Crippen LogP contribution in [0, 0.1) is 12.8 Å². The van der Waals surface area contributed by atoms with Crippen LogP contribution in [0.5, 0.6) is 17.2 Å². The lowest BCUT2D eigenvalue weighted by atomic mass is 9.75. The number of aliphatic hydroxyl groups excluding tert-OH is 6. The molecule has 9 N–H and O–H groups in total. The Morgan fingerprint density at radius 1 is 0.803 bits per heavy atom. The smallest absolute Gasteiger partial charge is 0.200 e. The van der Waals surface area contributed by atoms with Crippen LogP contribution in [-0.2, 0) is 49.1 Å². The van der Waals surface area contributed by atoms with Gasteiger partial charge in [-0.05, 0) is 84.4 Å². The highest BCUT2D eigenvalue weighted by atomic mass is 16.7. The number of ketones is 2. The van der Waals surface area contributed by atoms with Crippen LogP contribution in [0.15, 0.2) is 12.1 Å². The summed E-state index contributed by atoms with van der Waals surface area (Å²) < 4.78 is 54.2. The third-order valence-electron chi connectivity index (χ3n) is 13.8. The van der Waals surface area contributed by atoms with Crippen molar-refractivity contribution in [1.29, 1.82) is 0 Å². The molecule has 20 atom stereocenters. The standard InChI is InChI=1S/C46H66O20/c1-17-27(63-30-10-9-26(48)19(3)59-30)13-24-11-23-12-25(43(58-8)42(55)37(50)18(2)47)44(41(54)35(23)40(53)34(24)36(17)49)66-32-15-28(38(51)21(5)61-32)64-31-14-29(39(52)20(4)60-31)65-33-16-46(7,57)45(56)22(6)62-33/h11,13,18-22,25-26,28-33,37-39,43-45,47-53,56-57H,9-10,12,14-16H2,1-8H3. The predicted molar refractivity (Wildman–Crippen MR) is 227 cm³/mol. The van der Waals surface area contributed by atoms with E-state index in [1.807, 2.05) is 0 Å². The summed E-state index contributed by atoms with van der Waals surface area (Å²) in [6, 6.07) is 3.15. The van der Waals surface area contributed by atoms with E-state index in [0.717, 1.165) is 0 Å². The molecular weight excluding hydrogens is 872 g/mol. The molecule has 0 aromatic heterocycles. The lowest BCUT2D eigenvalue weighted by Gasteiger charge is -2.46. The number of fused-ring (bicyclic) bond motifs is 2. The zero-order chi connectivity index (χ0) is 48.3. The molecule has 7 rings (SSSR count). The number of carbonyl (C=O) groups excluding carboxylic acids is 2. The molecule has 20 nitrogen and oxygen atoms in total. The summed E-state index contributed by atoms with van der Waals surface area (Å²) in [6.45, 7) is 10.7. The number of aromatic hydroxyl groups is 2. The van der Waals surface area contributed by atoms with Gasteiger partial charge in [-0.15, -0.1) is 0 Å². The highest BCUT2D eigenvalue weighted by Gasteiger charge is 2.51. The first-order valence-electron chi connectivity index (χ1n) is 22.7. The largest absolute Gasteiger partial charge is 0.507 e. The van der Waals surface area contributed by atoms with E-state index in [1.165, 1.54) is 21.0 Å². The Morgan fingerprint density at radius 2 is 1.38 bits per heavy atom. The topological polar surface area (TPSA) is 299 Å². The van der Waals surface area contributed by atoms with Crippen LogP contribution in [0.3, 0.4) is 0 Å². The van der Waals surface area contributed by atoms with Gasteiger partial charge in [-0.3, -0.25) is 9.59 Å². The van der Waals surface area contributed by atoms with Crippen LogP contribution < -0.4 is 4.74 Å². The predicted octanol–water partition coefficient (Wildman–Crippen LogP) is 0.899. The third kappa shape index (κ3) is 10.1. The van der Waals surface area contributed by atoms with Crippen LogP contribution in [0.1, 0.15) is 95.1 Å². The molecule has 66 heavy (non-hydrogen) atoms. The fraction of sp³-hybridized carbons (Fsp3) is 0.739. The minimum absolute atomic E-state index is 0.0392. The van der Waals surface area contributed by atoms with Gasteiger partial charge in [0.15, 0.2) is 36.7 Å².